The van der Waals surface area contributed by atoms with E-state index in [0.29, 0.717) is 31.9 Å². The second kappa shape index (κ2) is 13.3. The number of rotatable bonds is 4. The van der Waals surface area contributed by atoms with Crippen molar-refractivity contribution in [3.63, 3.8) is 0 Å². The highest BCUT2D eigenvalue weighted by Crippen LogP contribution is 2.32. The molecule has 0 spiro atoms. The van der Waals surface area contributed by atoms with E-state index in [1.165, 1.54) is 0 Å². The maximum atomic E-state index is 6.09. The lowest BCUT2D eigenvalue weighted by Crippen LogP contribution is -2.27. The second-order valence-corrected chi connectivity index (χ2v) is 12.3. The summed E-state index contributed by atoms with van der Waals surface area (Å²) in [5.41, 5.74) is 3.98. The lowest BCUT2D eigenvalue weighted by molar-refractivity contribution is 0.437. The number of imidazole rings is 2. The van der Waals surface area contributed by atoms with Crippen molar-refractivity contribution in [2.24, 2.45) is 14.1 Å². The molecule has 6 rings (SSSR count). The van der Waals surface area contributed by atoms with Crippen LogP contribution in [0, 0.1) is 0 Å². The minimum Gasteiger partial charge on any atom is -0.337 e. The molecule has 2 saturated heterocycles. The highest BCUT2D eigenvalue weighted by Gasteiger charge is 2.22. The Morgan fingerprint density at radius 3 is 1.68 bits per heavy atom. The Hall–Kier alpha value is -2.06. The van der Waals surface area contributed by atoms with Gasteiger partial charge in [0.25, 0.3) is 0 Å². The number of nitrogens with one attached hydrogen (secondary N) is 2. The quantitative estimate of drug-likeness (QED) is 0.245. The summed E-state index contributed by atoms with van der Waals surface area (Å²) in [5, 5.41) is 9.35. The van der Waals surface area contributed by atoms with Gasteiger partial charge in [-0.25, -0.2) is 9.97 Å². The molecule has 2 aromatic carbocycles. The van der Waals surface area contributed by atoms with E-state index in [1.54, 1.807) is 12.1 Å². The summed E-state index contributed by atoms with van der Waals surface area (Å²) >= 11 is 24.3. The third kappa shape index (κ3) is 7.04. The molecule has 2 N–H and O–H groups in total. The summed E-state index contributed by atoms with van der Waals surface area (Å²) in [6, 6.07) is 11.2. The molecule has 2 aromatic heterocycles. The first-order chi connectivity index (χ1) is 19.3. The summed E-state index contributed by atoms with van der Waals surface area (Å²) in [6.45, 7) is 4.26. The highest BCUT2D eigenvalue weighted by atomic mass is 35.5. The maximum Gasteiger partial charge on any atom is 0.112 e. The van der Waals surface area contributed by atoms with Crippen LogP contribution in [0.15, 0.2) is 48.8 Å². The predicted octanol–water partition coefficient (Wildman–Crippen LogP) is 7.72. The number of benzene rings is 2. The normalized spacial score (nSPS) is 16.6. The van der Waals surface area contributed by atoms with Crippen molar-refractivity contribution in [1.82, 2.24) is 29.7 Å². The topological polar surface area (TPSA) is 59.7 Å². The summed E-state index contributed by atoms with van der Waals surface area (Å²) in [7, 11) is 4.12. The Bertz CT molecular complexity index is 1390. The van der Waals surface area contributed by atoms with Gasteiger partial charge >= 0.3 is 0 Å². The molecule has 6 nitrogen and oxygen atoms in total. The fraction of sp³-hybridized carbons (Fsp3) is 0.400. The number of hydrogen-bond acceptors (Lipinski definition) is 4. The molecule has 0 atom stereocenters. The average molecular weight is 620 g/mol. The molecule has 4 heterocycles. The first-order valence-corrected chi connectivity index (χ1v) is 15.2. The zero-order chi connectivity index (χ0) is 28.2. The lowest BCUT2D eigenvalue weighted by atomic mass is 9.97. The second-order valence-electron chi connectivity index (χ2n) is 10.5. The van der Waals surface area contributed by atoms with Crippen molar-refractivity contribution < 1.29 is 0 Å². The van der Waals surface area contributed by atoms with Gasteiger partial charge in [0.05, 0.1) is 17.6 Å². The van der Waals surface area contributed by atoms with E-state index < -0.39 is 0 Å². The van der Waals surface area contributed by atoms with Crippen molar-refractivity contribution in [2.45, 2.75) is 37.5 Å². The number of aromatic nitrogens is 4. The van der Waals surface area contributed by atoms with Crippen LogP contribution >= 0.6 is 46.4 Å². The van der Waals surface area contributed by atoms with Crippen LogP contribution in [0.3, 0.4) is 0 Å². The molecule has 2 aliphatic heterocycles. The van der Waals surface area contributed by atoms with Crippen molar-refractivity contribution in [3.8, 4) is 22.5 Å². The molecule has 10 heteroatoms. The van der Waals surface area contributed by atoms with Gasteiger partial charge in [0, 0.05) is 63.3 Å². The highest BCUT2D eigenvalue weighted by molar-refractivity contribution is 6.35. The standard InChI is InChI=1S/2C15H17Cl2N3/c1-20-9-14(11-6-12(16)8-13(17)7-11)19-15(20)10-2-4-18-5-3-10;1-20-14(11-6-12(16)8-13(17)7-11)9-19-15(20)10-2-4-18-5-3-10/h2*6-10,18H,2-5H2,1H3. The molecule has 0 aliphatic carbocycles. The zero-order valence-electron chi connectivity index (χ0n) is 22.7. The smallest absolute Gasteiger partial charge is 0.112 e. The van der Waals surface area contributed by atoms with E-state index >= 15 is 0 Å². The van der Waals surface area contributed by atoms with Gasteiger partial charge in [0.1, 0.15) is 11.6 Å². The van der Waals surface area contributed by atoms with Crippen LogP contribution < -0.4 is 10.6 Å². The van der Waals surface area contributed by atoms with Gasteiger partial charge in [-0.15, -0.1) is 0 Å². The molecule has 0 bridgehead atoms. The van der Waals surface area contributed by atoms with Crippen LogP contribution in [0.25, 0.3) is 22.5 Å². The van der Waals surface area contributed by atoms with Gasteiger partial charge in [0.2, 0.25) is 0 Å². The van der Waals surface area contributed by atoms with Crippen LogP contribution in [-0.2, 0) is 14.1 Å². The molecule has 212 valence electrons. The Balaban J connectivity index is 0.000000161. The molecule has 0 saturated carbocycles. The molecular weight excluding hydrogens is 586 g/mol. The van der Waals surface area contributed by atoms with Crippen LogP contribution in [0.1, 0.15) is 49.2 Å². The van der Waals surface area contributed by atoms with Crippen LogP contribution in [-0.4, -0.2) is 45.3 Å². The van der Waals surface area contributed by atoms with Gasteiger partial charge < -0.3 is 19.8 Å². The number of aryl methyl sites for hydroxylation is 1. The average Bonchev–Trinajstić information content (AvgIpc) is 3.51. The number of hydrogen-bond donors (Lipinski definition) is 2. The third-order valence-electron chi connectivity index (χ3n) is 7.66. The minimum absolute atomic E-state index is 0.532. The van der Waals surface area contributed by atoms with Crippen molar-refractivity contribution in [3.05, 3.63) is 80.5 Å². The molecule has 2 fully saturated rings. The van der Waals surface area contributed by atoms with E-state index in [4.69, 9.17) is 51.4 Å². The monoisotopic (exact) mass is 618 g/mol. The van der Waals surface area contributed by atoms with E-state index in [9.17, 15) is 0 Å². The third-order valence-corrected chi connectivity index (χ3v) is 8.53. The fourth-order valence-electron chi connectivity index (χ4n) is 5.63. The van der Waals surface area contributed by atoms with Gasteiger partial charge in [0.15, 0.2) is 0 Å². The first-order valence-electron chi connectivity index (χ1n) is 13.7. The molecule has 0 amide bonds. The van der Waals surface area contributed by atoms with E-state index in [-0.39, 0.29) is 0 Å². The fourth-order valence-corrected chi connectivity index (χ4v) is 6.69. The van der Waals surface area contributed by atoms with E-state index in [2.05, 4.69) is 45.0 Å². The Kier molecular flexibility index (Phi) is 9.77. The predicted molar refractivity (Wildman–Crippen MR) is 167 cm³/mol. The van der Waals surface area contributed by atoms with E-state index in [0.717, 1.165) is 86.0 Å². The van der Waals surface area contributed by atoms with Crippen molar-refractivity contribution in [1.29, 1.82) is 0 Å². The number of piperidine rings is 2. The van der Waals surface area contributed by atoms with Crippen LogP contribution in [0.4, 0.5) is 0 Å². The zero-order valence-corrected chi connectivity index (χ0v) is 25.8. The van der Waals surface area contributed by atoms with Crippen LogP contribution in [0.2, 0.25) is 20.1 Å². The summed E-state index contributed by atoms with van der Waals surface area (Å²) in [5.74, 6) is 3.37. The number of halogens is 4. The van der Waals surface area contributed by atoms with Gasteiger partial charge in [-0.1, -0.05) is 46.4 Å². The number of nitrogens with zero attached hydrogens (tertiary/aromatic N) is 4. The molecule has 4 aromatic rings. The molecule has 0 radical (unpaired) electrons. The summed E-state index contributed by atoms with van der Waals surface area (Å²) in [6.07, 6.45) is 8.53. The largest absolute Gasteiger partial charge is 0.337 e. The van der Waals surface area contributed by atoms with Gasteiger partial charge in [-0.05, 0) is 88.3 Å². The lowest BCUT2D eigenvalue weighted by Gasteiger charge is -2.22. The molecule has 0 unspecified atom stereocenters. The first kappa shape index (κ1) is 29.4. The van der Waals surface area contributed by atoms with Crippen molar-refractivity contribution in [2.75, 3.05) is 26.2 Å². The molecule has 2 aliphatic rings. The van der Waals surface area contributed by atoms with Crippen molar-refractivity contribution >= 4 is 46.4 Å². The van der Waals surface area contributed by atoms with Gasteiger partial charge in [-0.3, -0.25) is 0 Å². The summed E-state index contributed by atoms with van der Waals surface area (Å²) in [4.78, 5) is 9.43. The summed E-state index contributed by atoms with van der Waals surface area (Å²) < 4.78 is 4.29. The van der Waals surface area contributed by atoms with Gasteiger partial charge in [-0.2, -0.15) is 0 Å². The molecular formula is C30H34Cl4N6. The molecule has 40 heavy (non-hydrogen) atoms. The van der Waals surface area contributed by atoms with E-state index in [1.807, 2.05) is 30.5 Å². The maximum absolute atomic E-state index is 6.09. The SMILES string of the molecule is Cn1c(-c2cc(Cl)cc(Cl)c2)cnc1C1CCNCC1.Cn1cc(-c2cc(Cl)cc(Cl)c2)nc1C1CCNCC1. The Labute approximate surface area is 256 Å². The Morgan fingerprint density at radius 1 is 0.675 bits per heavy atom. The van der Waals surface area contributed by atoms with Crippen LogP contribution in [0.5, 0.6) is 0 Å². The Morgan fingerprint density at radius 2 is 1.15 bits per heavy atom. The minimum atomic E-state index is 0.532.